The van der Waals surface area contributed by atoms with Crippen LogP contribution in [-0.4, -0.2) is 51.8 Å². The molecule has 7 heteroatoms. The van der Waals surface area contributed by atoms with Gasteiger partial charge in [0.15, 0.2) is 6.29 Å². The summed E-state index contributed by atoms with van der Waals surface area (Å²) in [5.41, 5.74) is 2.09. The second kappa shape index (κ2) is 17.1. The molecule has 0 radical (unpaired) electrons. The molecule has 1 aliphatic heterocycles. The first kappa shape index (κ1) is 27.9. The maximum atomic E-state index is 11.6. The van der Waals surface area contributed by atoms with Gasteiger partial charge in [-0.05, 0) is 81.2 Å². The standard InChI is InChI=1S/C27H40O7/c1-3-31-26(29)12-10-20-32-24-16-14-22(23(21-24)15-17-25(28)30-2)11-6-4-5-8-18-33-27-13-7-9-19-34-27/h14-17,21,27H,3-13,18-20H2,1-2H3. The second-order valence-electron chi connectivity index (χ2n) is 8.31. The smallest absolute Gasteiger partial charge is 0.330 e. The Labute approximate surface area is 203 Å². The van der Waals surface area contributed by atoms with Crippen LogP contribution in [0.1, 0.15) is 75.8 Å². The molecular weight excluding hydrogens is 436 g/mol. The first-order valence-electron chi connectivity index (χ1n) is 12.5. The van der Waals surface area contributed by atoms with Crippen LogP contribution in [0.2, 0.25) is 0 Å². The highest BCUT2D eigenvalue weighted by Gasteiger charge is 2.13. The van der Waals surface area contributed by atoms with Gasteiger partial charge in [-0.3, -0.25) is 4.79 Å². The third-order valence-corrected chi connectivity index (χ3v) is 5.60. The highest BCUT2D eigenvalue weighted by Crippen LogP contribution is 2.22. The van der Waals surface area contributed by atoms with Gasteiger partial charge < -0.3 is 23.7 Å². The van der Waals surface area contributed by atoms with Crippen molar-refractivity contribution in [3.63, 3.8) is 0 Å². The van der Waals surface area contributed by atoms with Crippen molar-refractivity contribution in [1.82, 2.24) is 0 Å². The molecule has 0 aromatic heterocycles. The summed E-state index contributed by atoms with van der Waals surface area (Å²) in [6, 6.07) is 5.91. The molecular formula is C27H40O7. The summed E-state index contributed by atoms with van der Waals surface area (Å²) in [5.74, 6) is 0.102. The molecule has 34 heavy (non-hydrogen) atoms. The summed E-state index contributed by atoms with van der Waals surface area (Å²) in [6.07, 6.45) is 12.7. The Kier molecular flexibility index (Phi) is 14.0. The molecule has 190 valence electrons. The molecule has 1 heterocycles. The molecule has 1 aromatic rings. The zero-order chi connectivity index (χ0) is 24.4. The molecule has 2 rings (SSSR count). The van der Waals surface area contributed by atoms with Gasteiger partial charge in [-0.25, -0.2) is 4.79 Å². The van der Waals surface area contributed by atoms with Crippen LogP contribution in [0.15, 0.2) is 24.3 Å². The minimum absolute atomic E-state index is 0.0104. The third-order valence-electron chi connectivity index (χ3n) is 5.60. The zero-order valence-electron chi connectivity index (χ0n) is 20.7. The number of methoxy groups -OCH3 is 1. The average molecular weight is 477 g/mol. The van der Waals surface area contributed by atoms with Gasteiger partial charge in [0, 0.05) is 25.7 Å². The maximum absolute atomic E-state index is 11.6. The van der Waals surface area contributed by atoms with Gasteiger partial charge in [0.05, 0.1) is 20.3 Å². The first-order valence-corrected chi connectivity index (χ1v) is 12.5. The SMILES string of the molecule is CCOC(=O)CCCOc1ccc(CCCCCCOC2CCCCO2)c(C=CC(=O)OC)c1. The maximum Gasteiger partial charge on any atom is 0.330 e. The Balaban J connectivity index is 1.77. The number of benzene rings is 1. The Morgan fingerprint density at radius 2 is 1.94 bits per heavy atom. The summed E-state index contributed by atoms with van der Waals surface area (Å²) >= 11 is 0. The highest BCUT2D eigenvalue weighted by atomic mass is 16.7. The van der Waals surface area contributed by atoms with Gasteiger partial charge >= 0.3 is 11.9 Å². The predicted molar refractivity (Wildman–Crippen MR) is 131 cm³/mol. The van der Waals surface area contributed by atoms with Gasteiger partial charge in [-0.15, -0.1) is 0 Å². The number of rotatable bonds is 16. The van der Waals surface area contributed by atoms with Crippen molar-refractivity contribution in [2.75, 3.05) is 33.5 Å². The summed E-state index contributed by atoms with van der Waals surface area (Å²) in [7, 11) is 1.36. The molecule has 0 N–H and O–H groups in total. The third kappa shape index (κ3) is 11.7. The molecule has 1 unspecified atom stereocenters. The van der Waals surface area contributed by atoms with E-state index >= 15 is 0 Å². The summed E-state index contributed by atoms with van der Waals surface area (Å²) < 4.78 is 26.8. The molecule has 0 saturated carbocycles. The fraction of sp³-hybridized carbons (Fsp3) is 0.630. The van der Waals surface area contributed by atoms with Crippen LogP contribution in [0.5, 0.6) is 5.75 Å². The van der Waals surface area contributed by atoms with Crippen LogP contribution in [-0.2, 0) is 35.0 Å². The lowest BCUT2D eigenvalue weighted by Crippen LogP contribution is -2.22. The van der Waals surface area contributed by atoms with E-state index < -0.39 is 5.97 Å². The predicted octanol–water partition coefficient (Wildman–Crippen LogP) is 5.24. The number of aryl methyl sites for hydroxylation is 1. The molecule has 1 fully saturated rings. The van der Waals surface area contributed by atoms with Crippen molar-refractivity contribution in [1.29, 1.82) is 0 Å². The topological polar surface area (TPSA) is 80.3 Å². The number of esters is 2. The molecule has 0 amide bonds. The average Bonchev–Trinajstić information content (AvgIpc) is 2.86. The quantitative estimate of drug-likeness (QED) is 0.183. The lowest BCUT2D eigenvalue weighted by Gasteiger charge is -2.22. The first-order chi connectivity index (χ1) is 16.6. The van der Waals surface area contributed by atoms with Gasteiger partial charge in [-0.2, -0.15) is 0 Å². The fourth-order valence-electron chi connectivity index (χ4n) is 3.74. The number of carbonyl (C=O) groups is 2. The molecule has 7 nitrogen and oxygen atoms in total. The summed E-state index contributed by atoms with van der Waals surface area (Å²) in [5, 5.41) is 0. The molecule has 1 atom stereocenters. The van der Waals surface area contributed by atoms with E-state index in [0.29, 0.717) is 31.8 Å². The normalized spacial score (nSPS) is 15.9. The van der Waals surface area contributed by atoms with Crippen LogP contribution in [0, 0.1) is 0 Å². The van der Waals surface area contributed by atoms with Crippen LogP contribution < -0.4 is 4.74 Å². The van der Waals surface area contributed by atoms with Crippen LogP contribution in [0.3, 0.4) is 0 Å². The number of unbranched alkanes of at least 4 members (excludes halogenated alkanes) is 3. The van der Waals surface area contributed by atoms with Crippen LogP contribution in [0.25, 0.3) is 6.08 Å². The lowest BCUT2D eigenvalue weighted by atomic mass is 10.00. The van der Waals surface area contributed by atoms with Gasteiger partial charge in [-0.1, -0.05) is 18.9 Å². The minimum atomic E-state index is -0.395. The van der Waals surface area contributed by atoms with Crippen molar-refractivity contribution < 1.29 is 33.3 Å². The number of hydrogen-bond donors (Lipinski definition) is 0. The van der Waals surface area contributed by atoms with Crippen molar-refractivity contribution in [2.24, 2.45) is 0 Å². The highest BCUT2D eigenvalue weighted by molar-refractivity contribution is 5.87. The number of ether oxygens (including phenoxy) is 5. The van der Waals surface area contributed by atoms with E-state index in [9.17, 15) is 9.59 Å². The van der Waals surface area contributed by atoms with E-state index in [-0.39, 0.29) is 12.3 Å². The molecule has 0 bridgehead atoms. The van der Waals surface area contributed by atoms with E-state index in [1.54, 1.807) is 13.0 Å². The van der Waals surface area contributed by atoms with Crippen molar-refractivity contribution in [3.05, 3.63) is 35.4 Å². The molecule has 0 aliphatic carbocycles. The monoisotopic (exact) mass is 476 g/mol. The Morgan fingerprint density at radius 1 is 1.09 bits per heavy atom. The van der Waals surface area contributed by atoms with Gasteiger partial charge in [0.2, 0.25) is 0 Å². The Hall–Kier alpha value is -2.38. The number of carbonyl (C=O) groups excluding carboxylic acids is 2. The molecule has 1 aliphatic rings. The Bertz CT molecular complexity index is 753. The van der Waals surface area contributed by atoms with Crippen LogP contribution in [0.4, 0.5) is 0 Å². The zero-order valence-corrected chi connectivity index (χ0v) is 20.7. The van der Waals surface area contributed by atoms with E-state index in [1.165, 1.54) is 19.6 Å². The summed E-state index contributed by atoms with van der Waals surface area (Å²) in [6.45, 7) is 4.17. The van der Waals surface area contributed by atoms with E-state index in [0.717, 1.165) is 69.3 Å². The molecule has 0 spiro atoms. The van der Waals surface area contributed by atoms with Crippen molar-refractivity contribution in [3.8, 4) is 5.75 Å². The Morgan fingerprint density at radius 3 is 2.71 bits per heavy atom. The fourth-order valence-corrected chi connectivity index (χ4v) is 3.74. The van der Waals surface area contributed by atoms with E-state index in [2.05, 4.69) is 0 Å². The number of hydrogen-bond acceptors (Lipinski definition) is 7. The van der Waals surface area contributed by atoms with Crippen molar-refractivity contribution >= 4 is 18.0 Å². The minimum Gasteiger partial charge on any atom is -0.494 e. The van der Waals surface area contributed by atoms with Gasteiger partial charge in [0.25, 0.3) is 0 Å². The summed E-state index contributed by atoms with van der Waals surface area (Å²) in [4.78, 5) is 23.0. The van der Waals surface area contributed by atoms with Gasteiger partial charge in [0.1, 0.15) is 5.75 Å². The van der Waals surface area contributed by atoms with E-state index in [1.807, 2.05) is 18.2 Å². The molecule has 1 saturated heterocycles. The van der Waals surface area contributed by atoms with Crippen molar-refractivity contribution in [2.45, 2.75) is 77.4 Å². The molecule has 1 aromatic carbocycles. The lowest BCUT2D eigenvalue weighted by molar-refractivity contribution is -0.162. The van der Waals surface area contributed by atoms with E-state index in [4.69, 9.17) is 23.7 Å². The largest absolute Gasteiger partial charge is 0.494 e. The second-order valence-corrected chi connectivity index (χ2v) is 8.31. The van der Waals surface area contributed by atoms with Crippen LogP contribution >= 0.6 is 0 Å².